The molecular formula is C12H19N3O5. The minimum atomic E-state index is -0.912. The normalized spacial score (nSPS) is 13.9. The Morgan fingerprint density at radius 1 is 1.40 bits per heavy atom. The van der Waals surface area contributed by atoms with Crippen LogP contribution in [0.15, 0.2) is 12.3 Å². The first-order chi connectivity index (χ1) is 9.42. The van der Waals surface area contributed by atoms with E-state index < -0.39 is 24.0 Å². The summed E-state index contributed by atoms with van der Waals surface area (Å²) in [5, 5.41) is 18.8. The molecular weight excluding hydrogens is 266 g/mol. The van der Waals surface area contributed by atoms with Gasteiger partial charge in [0.05, 0.1) is 18.3 Å². The van der Waals surface area contributed by atoms with E-state index in [1.54, 1.807) is 0 Å². The Labute approximate surface area is 115 Å². The van der Waals surface area contributed by atoms with Crippen LogP contribution in [0.5, 0.6) is 0 Å². The molecule has 6 N–H and O–H groups in total. The van der Waals surface area contributed by atoms with Crippen molar-refractivity contribution in [3.63, 3.8) is 0 Å². The van der Waals surface area contributed by atoms with E-state index in [4.69, 9.17) is 21.3 Å². The van der Waals surface area contributed by atoms with E-state index in [0.717, 1.165) is 0 Å². The summed E-state index contributed by atoms with van der Waals surface area (Å²) in [5.41, 5.74) is 10.4. The molecule has 0 bridgehead atoms. The topological polar surface area (TPSA) is 141 Å². The molecule has 20 heavy (non-hydrogen) atoms. The number of hydrogen-bond acceptors (Lipinski definition) is 5. The van der Waals surface area contributed by atoms with Crippen LogP contribution >= 0.6 is 0 Å². The van der Waals surface area contributed by atoms with E-state index in [1.807, 2.05) is 0 Å². The van der Waals surface area contributed by atoms with Crippen molar-refractivity contribution < 1.29 is 24.5 Å². The van der Waals surface area contributed by atoms with Crippen LogP contribution in [-0.4, -0.2) is 52.5 Å². The van der Waals surface area contributed by atoms with E-state index in [2.05, 4.69) is 0 Å². The summed E-state index contributed by atoms with van der Waals surface area (Å²) in [6, 6.07) is 1.40. The van der Waals surface area contributed by atoms with Gasteiger partial charge in [0.2, 0.25) is 0 Å². The first kappa shape index (κ1) is 16.2. The second kappa shape index (κ2) is 7.04. The number of amides is 2. The molecule has 0 saturated carbocycles. The molecule has 8 heteroatoms. The fraction of sp³-hybridized carbons (Fsp3) is 0.500. The number of aliphatic hydroxyl groups is 2. The molecule has 0 fully saturated rings. The Hall–Kier alpha value is -1.90. The van der Waals surface area contributed by atoms with Crippen molar-refractivity contribution in [1.29, 1.82) is 0 Å². The Balaban J connectivity index is 2.83. The highest BCUT2D eigenvalue weighted by Crippen LogP contribution is 2.13. The van der Waals surface area contributed by atoms with Crippen LogP contribution in [0.25, 0.3) is 0 Å². The maximum atomic E-state index is 11.4. The summed E-state index contributed by atoms with van der Waals surface area (Å²) in [7, 11) is 1.37. The number of ether oxygens (including phenoxy) is 1. The van der Waals surface area contributed by atoms with Crippen molar-refractivity contribution in [2.75, 3.05) is 13.7 Å². The van der Waals surface area contributed by atoms with E-state index in [-0.39, 0.29) is 30.8 Å². The number of aliphatic hydroxyl groups excluding tert-OH is 2. The van der Waals surface area contributed by atoms with Crippen LogP contribution in [-0.2, 0) is 11.3 Å². The largest absolute Gasteiger partial charge is 0.394 e. The lowest BCUT2D eigenvalue weighted by Gasteiger charge is -2.20. The molecule has 0 spiro atoms. The SMILES string of the molecule is COC(CO)[C@H](O)CCn1ccc(C(N)=O)c1C(N)=O. The van der Waals surface area contributed by atoms with Gasteiger partial charge < -0.3 is 31.0 Å². The van der Waals surface area contributed by atoms with Crippen molar-refractivity contribution >= 4 is 11.8 Å². The van der Waals surface area contributed by atoms with Gasteiger partial charge in [-0.05, 0) is 12.5 Å². The minimum absolute atomic E-state index is 0.00247. The molecule has 1 rings (SSSR count). The molecule has 0 aliphatic carbocycles. The molecule has 1 heterocycles. The molecule has 0 aliphatic rings. The van der Waals surface area contributed by atoms with Crippen molar-refractivity contribution in [3.05, 3.63) is 23.5 Å². The Morgan fingerprint density at radius 2 is 2.05 bits per heavy atom. The first-order valence-corrected chi connectivity index (χ1v) is 6.02. The van der Waals surface area contributed by atoms with Crippen LogP contribution in [0, 0.1) is 0 Å². The quantitative estimate of drug-likeness (QED) is 0.457. The van der Waals surface area contributed by atoms with Gasteiger partial charge in [-0.1, -0.05) is 0 Å². The fourth-order valence-corrected chi connectivity index (χ4v) is 1.94. The first-order valence-electron chi connectivity index (χ1n) is 6.02. The lowest BCUT2D eigenvalue weighted by Crippen LogP contribution is -2.32. The lowest BCUT2D eigenvalue weighted by molar-refractivity contribution is -0.0452. The van der Waals surface area contributed by atoms with Gasteiger partial charge in [-0.25, -0.2) is 0 Å². The number of methoxy groups -OCH3 is 1. The molecule has 2 atom stereocenters. The summed E-state index contributed by atoms with van der Waals surface area (Å²) < 4.78 is 6.34. The van der Waals surface area contributed by atoms with Gasteiger partial charge in [0.15, 0.2) is 0 Å². The molecule has 1 unspecified atom stereocenters. The average molecular weight is 285 g/mol. The maximum absolute atomic E-state index is 11.4. The summed E-state index contributed by atoms with van der Waals surface area (Å²) in [4.78, 5) is 22.5. The highest BCUT2D eigenvalue weighted by atomic mass is 16.5. The number of carbonyl (C=O) groups is 2. The zero-order valence-corrected chi connectivity index (χ0v) is 11.2. The Kier molecular flexibility index (Phi) is 5.68. The minimum Gasteiger partial charge on any atom is -0.394 e. The molecule has 112 valence electrons. The lowest BCUT2D eigenvalue weighted by atomic mass is 10.1. The maximum Gasteiger partial charge on any atom is 0.266 e. The van der Waals surface area contributed by atoms with Crippen LogP contribution < -0.4 is 11.5 Å². The van der Waals surface area contributed by atoms with Gasteiger partial charge in [0.1, 0.15) is 11.8 Å². The van der Waals surface area contributed by atoms with Gasteiger partial charge in [-0.3, -0.25) is 9.59 Å². The number of nitrogens with zero attached hydrogens (tertiary/aromatic N) is 1. The predicted molar refractivity (Wildman–Crippen MR) is 70.0 cm³/mol. The van der Waals surface area contributed by atoms with E-state index in [9.17, 15) is 14.7 Å². The molecule has 0 aromatic carbocycles. The summed E-state index contributed by atoms with van der Waals surface area (Å²) in [6.07, 6.45) is 0.0863. The highest BCUT2D eigenvalue weighted by Gasteiger charge is 2.21. The molecule has 1 aromatic rings. The molecule has 1 aromatic heterocycles. The third-order valence-electron chi connectivity index (χ3n) is 3.04. The third-order valence-corrected chi connectivity index (χ3v) is 3.04. The van der Waals surface area contributed by atoms with E-state index in [0.29, 0.717) is 0 Å². The van der Waals surface area contributed by atoms with Crippen molar-refractivity contribution in [2.24, 2.45) is 11.5 Å². The number of rotatable bonds is 8. The summed E-state index contributed by atoms with van der Waals surface area (Å²) in [6.45, 7) is -0.0921. The van der Waals surface area contributed by atoms with Gasteiger partial charge >= 0.3 is 0 Å². The molecule has 8 nitrogen and oxygen atoms in total. The second-order valence-corrected chi connectivity index (χ2v) is 4.31. The van der Waals surface area contributed by atoms with Crippen molar-refractivity contribution in [3.8, 4) is 0 Å². The summed E-state index contributed by atoms with van der Waals surface area (Å²) >= 11 is 0. The Bertz CT molecular complexity index is 481. The molecule has 2 amide bonds. The summed E-state index contributed by atoms with van der Waals surface area (Å²) in [5.74, 6) is -1.52. The van der Waals surface area contributed by atoms with Crippen LogP contribution in [0.3, 0.4) is 0 Å². The zero-order valence-electron chi connectivity index (χ0n) is 11.2. The van der Waals surface area contributed by atoms with Crippen LogP contribution in [0.1, 0.15) is 27.3 Å². The number of carbonyl (C=O) groups excluding carboxylic acids is 2. The van der Waals surface area contributed by atoms with Gasteiger partial charge in [0, 0.05) is 19.9 Å². The standard InChI is InChI=1S/C12H19N3O5/c1-20-9(6-16)8(17)3-5-15-4-2-7(11(13)18)10(15)12(14)19/h2,4,8-9,16-17H,3,5-6H2,1H3,(H2,13,18)(H2,14,19)/t8-,9?/m1/s1. The van der Waals surface area contributed by atoms with E-state index in [1.165, 1.54) is 23.9 Å². The fourth-order valence-electron chi connectivity index (χ4n) is 1.94. The van der Waals surface area contributed by atoms with E-state index >= 15 is 0 Å². The number of aromatic nitrogens is 1. The van der Waals surface area contributed by atoms with Crippen LogP contribution in [0.4, 0.5) is 0 Å². The third kappa shape index (κ3) is 3.56. The van der Waals surface area contributed by atoms with Crippen LogP contribution in [0.2, 0.25) is 0 Å². The van der Waals surface area contributed by atoms with Gasteiger partial charge in [0.25, 0.3) is 11.8 Å². The molecule has 0 radical (unpaired) electrons. The van der Waals surface area contributed by atoms with Crippen molar-refractivity contribution in [1.82, 2.24) is 4.57 Å². The monoisotopic (exact) mass is 285 g/mol. The smallest absolute Gasteiger partial charge is 0.266 e. The second-order valence-electron chi connectivity index (χ2n) is 4.31. The Morgan fingerprint density at radius 3 is 2.50 bits per heavy atom. The average Bonchev–Trinajstić information content (AvgIpc) is 2.81. The molecule has 0 saturated heterocycles. The van der Waals surface area contributed by atoms with Gasteiger partial charge in [-0.15, -0.1) is 0 Å². The number of primary amides is 2. The number of hydrogen-bond donors (Lipinski definition) is 4. The van der Waals surface area contributed by atoms with Gasteiger partial charge in [-0.2, -0.15) is 0 Å². The number of aryl methyl sites for hydroxylation is 1. The number of nitrogens with two attached hydrogens (primary N) is 2. The predicted octanol–water partition coefficient (Wildman–Crippen LogP) is -1.56. The highest BCUT2D eigenvalue weighted by molar-refractivity contribution is 6.05. The zero-order chi connectivity index (χ0) is 15.3. The van der Waals surface area contributed by atoms with Crippen molar-refractivity contribution in [2.45, 2.75) is 25.2 Å². The molecule has 0 aliphatic heterocycles.